The molecule has 1 fully saturated rings. The van der Waals surface area contributed by atoms with Crippen LogP contribution in [-0.4, -0.2) is 56.6 Å². The Morgan fingerprint density at radius 2 is 1.79 bits per heavy atom. The molecule has 29 heavy (non-hydrogen) atoms. The van der Waals surface area contributed by atoms with Crippen molar-refractivity contribution in [2.24, 2.45) is 0 Å². The lowest BCUT2D eigenvalue weighted by molar-refractivity contribution is -0.894. The van der Waals surface area contributed by atoms with Crippen LogP contribution in [0.15, 0.2) is 48.5 Å². The van der Waals surface area contributed by atoms with Gasteiger partial charge in [-0.2, -0.15) is 0 Å². The number of likely N-dealkylation sites (N-methyl/N-ethyl adjacent to an activating group) is 1. The van der Waals surface area contributed by atoms with Gasteiger partial charge in [-0.05, 0) is 31.0 Å². The first kappa shape index (κ1) is 21.0. The summed E-state index contributed by atoms with van der Waals surface area (Å²) in [4.78, 5) is 28.7. The van der Waals surface area contributed by atoms with Crippen molar-refractivity contribution in [1.82, 2.24) is 4.90 Å². The number of benzene rings is 2. The lowest BCUT2D eigenvalue weighted by Crippen LogP contribution is -3.11. The molecule has 0 radical (unpaired) electrons. The minimum Gasteiger partial charge on any atom is -0.378 e. The van der Waals surface area contributed by atoms with Gasteiger partial charge >= 0.3 is 0 Å². The normalized spacial score (nSPS) is 16.2. The van der Waals surface area contributed by atoms with Crippen LogP contribution in [0, 0.1) is 13.8 Å². The number of morpholine rings is 1. The highest BCUT2D eigenvalue weighted by molar-refractivity contribution is 5.95. The van der Waals surface area contributed by atoms with Crippen LogP contribution in [0.1, 0.15) is 22.7 Å². The molecule has 2 N–H and O–H groups in total. The summed E-state index contributed by atoms with van der Waals surface area (Å²) >= 11 is 0. The van der Waals surface area contributed by atoms with Crippen molar-refractivity contribution in [2.75, 3.05) is 45.2 Å². The molecule has 0 spiro atoms. The average molecular weight is 397 g/mol. The maximum atomic E-state index is 13.3. The van der Waals surface area contributed by atoms with Crippen molar-refractivity contribution in [3.8, 4) is 0 Å². The number of carbonyl (C=O) groups is 2. The van der Waals surface area contributed by atoms with Crippen LogP contribution >= 0.6 is 0 Å². The highest BCUT2D eigenvalue weighted by atomic mass is 16.5. The Labute approximate surface area is 172 Å². The third kappa shape index (κ3) is 5.43. The summed E-state index contributed by atoms with van der Waals surface area (Å²) in [6, 6.07) is 15.2. The molecule has 6 nitrogen and oxygen atoms in total. The van der Waals surface area contributed by atoms with Gasteiger partial charge in [0, 0.05) is 24.3 Å². The highest BCUT2D eigenvalue weighted by Gasteiger charge is 2.32. The zero-order valence-electron chi connectivity index (χ0n) is 17.4. The van der Waals surface area contributed by atoms with Gasteiger partial charge in [-0.15, -0.1) is 0 Å². The molecule has 1 unspecified atom stereocenters. The van der Waals surface area contributed by atoms with Crippen molar-refractivity contribution in [3.63, 3.8) is 0 Å². The zero-order valence-corrected chi connectivity index (χ0v) is 17.4. The molecule has 6 heteroatoms. The number of carbonyl (C=O) groups excluding carboxylic acids is 2. The molecule has 1 aliphatic heterocycles. The molecule has 154 valence electrons. The summed E-state index contributed by atoms with van der Waals surface area (Å²) in [6.45, 7) is 6.58. The first-order chi connectivity index (χ1) is 14.0. The first-order valence-corrected chi connectivity index (χ1v) is 10.1. The van der Waals surface area contributed by atoms with E-state index in [4.69, 9.17) is 4.74 Å². The Morgan fingerprint density at radius 1 is 1.10 bits per heavy atom. The molecule has 2 amide bonds. The zero-order chi connectivity index (χ0) is 20.8. The standard InChI is InChI=1S/C23H29N3O3/c1-17-9-10-18(2)20(15-17)24-23(28)22(19-7-5-4-6-8-19)25(3)16-21(27)26-11-13-29-14-12-26/h4-10,15,22H,11-14,16H2,1-3H3,(H,24,28)/p+1/t22-/m1/s1. The van der Waals surface area contributed by atoms with Crippen LogP contribution < -0.4 is 10.2 Å². The molecule has 1 heterocycles. The van der Waals surface area contributed by atoms with E-state index >= 15 is 0 Å². The smallest absolute Gasteiger partial charge is 0.287 e. The largest absolute Gasteiger partial charge is 0.378 e. The number of aryl methyl sites for hydroxylation is 2. The number of ether oxygens (including phenoxy) is 1. The van der Waals surface area contributed by atoms with E-state index in [-0.39, 0.29) is 18.4 Å². The number of nitrogens with one attached hydrogen (secondary N) is 2. The summed E-state index contributed by atoms with van der Waals surface area (Å²) in [7, 11) is 1.90. The van der Waals surface area contributed by atoms with Crippen LogP contribution in [-0.2, 0) is 14.3 Å². The average Bonchev–Trinajstić information content (AvgIpc) is 2.72. The second-order valence-electron chi connectivity index (χ2n) is 7.67. The molecule has 2 aromatic carbocycles. The quantitative estimate of drug-likeness (QED) is 0.775. The van der Waals surface area contributed by atoms with Crippen LogP contribution in [0.2, 0.25) is 0 Å². The summed E-state index contributed by atoms with van der Waals surface area (Å²) in [5.74, 6) is -0.0663. The van der Waals surface area contributed by atoms with Crippen molar-refractivity contribution >= 4 is 17.5 Å². The molecule has 1 saturated heterocycles. The molecule has 0 bridgehead atoms. The van der Waals surface area contributed by atoms with Crippen molar-refractivity contribution in [3.05, 3.63) is 65.2 Å². The molecular weight excluding hydrogens is 366 g/mol. The number of nitrogens with zero attached hydrogens (tertiary/aromatic N) is 1. The van der Waals surface area contributed by atoms with Gasteiger partial charge in [0.15, 0.2) is 12.6 Å². The Morgan fingerprint density at radius 3 is 2.48 bits per heavy atom. The summed E-state index contributed by atoms with van der Waals surface area (Å²) < 4.78 is 5.33. The Hall–Kier alpha value is -2.70. The van der Waals surface area contributed by atoms with Gasteiger partial charge in [0.1, 0.15) is 0 Å². The fourth-order valence-corrected chi connectivity index (χ4v) is 3.65. The molecule has 1 aliphatic rings. The SMILES string of the molecule is Cc1ccc(C)c(NC(=O)[C@@H](c2ccccc2)[NH+](C)CC(=O)N2CCOCC2)c1. The first-order valence-electron chi connectivity index (χ1n) is 10.1. The van der Waals surface area contributed by atoms with Crippen LogP contribution in [0.4, 0.5) is 5.69 Å². The predicted molar refractivity (Wildman–Crippen MR) is 113 cm³/mol. The molecule has 0 saturated carbocycles. The molecule has 0 aromatic heterocycles. The predicted octanol–water partition coefficient (Wildman–Crippen LogP) is 1.36. The number of quaternary nitrogens is 1. The van der Waals surface area contributed by atoms with Gasteiger partial charge in [-0.1, -0.05) is 42.5 Å². The molecule has 3 rings (SSSR count). The third-order valence-electron chi connectivity index (χ3n) is 5.33. The second kappa shape index (κ2) is 9.67. The monoisotopic (exact) mass is 396 g/mol. The molecule has 2 atom stereocenters. The van der Waals surface area contributed by atoms with E-state index in [2.05, 4.69) is 5.32 Å². The van der Waals surface area contributed by atoms with E-state index in [1.807, 2.05) is 74.3 Å². The van der Waals surface area contributed by atoms with Gasteiger partial charge in [0.2, 0.25) is 0 Å². The van der Waals surface area contributed by atoms with Crippen LogP contribution in [0.25, 0.3) is 0 Å². The minimum atomic E-state index is -0.485. The van der Waals surface area contributed by atoms with E-state index in [0.29, 0.717) is 26.3 Å². The van der Waals surface area contributed by atoms with Crippen molar-refractivity contribution in [2.45, 2.75) is 19.9 Å². The topological polar surface area (TPSA) is 63.1 Å². The number of hydrogen-bond donors (Lipinski definition) is 2. The van der Waals surface area contributed by atoms with Gasteiger partial charge in [-0.3, -0.25) is 9.59 Å². The van der Waals surface area contributed by atoms with Gasteiger partial charge in [-0.25, -0.2) is 0 Å². The maximum absolute atomic E-state index is 13.3. The lowest BCUT2D eigenvalue weighted by atomic mass is 10.0. The van der Waals surface area contributed by atoms with E-state index in [9.17, 15) is 9.59 Å². The number of amides is 2. The highest BCUT2D eigenvalue weighted by Crippen LogP contribution is 2.19. The lowest BCUT2D eigenvalue weighted by Gasteiger charge is -2.30. The molecular formula is C23H30N3O3+. The Balaban J connectivity index is 1.79. The third-order valence-corrected chi connectivity index (χ3v) is 5.33. The molecule has 2 aromatic rings. The summed E-state index contributed by atoms with van der Waals surface area (Å²) in [5, 5.41) is 3.08. The van der Waals surface area contributed by atoms with Crippen molar-refractivity contribution in [1.29, 1.82) is 0 Å². The number of anilines is 1. The summed E-state index contributed by atoms with van der Waals surface area (Å²) in [6.07, 6.45) is 0. The number of hydrogen-bond acceptors (Lipinski definition) is 3. The minimum absolute atomic E-state index is 0.0475. The van der Waals surface area contributed by atoms with E-state index in [1.54, 1.807) is 0 Å². The fraction of sp³-hybridized carbons (Fsp3) is 0.391. The van der Waals surface area contributed by atoms with Crippen molar-refractivity contribution < 1.29 is 19.2 Å². The Bertz CT molecular complexity index is 848. The van der Waals surface area contributed by atoms with Gasteiger partial charge in [0.05, 0.1) is 20.3 Å². The summed E-state index contributed by atoms with van der Waals surface area (Å²) in [5.41, 5.74) is 3.80. The van der Waals surface area contributed by atoms with Crippen LogP contribution in [0.3, 0.4) is 0 Å². The van der Waals surface area contributed by atoms with E-state index in [0.717, 1.165) is 27.3 Å². The van der Waals surface area contributed by atoms with Gasteiger partial charge in [0.25, 0.3) is 11.8 Å². The Kier molecular flexibility index (Phi) is 7.01. The van der Waals surface area contributed by atoms with Gasteiger partial charge < -0.3 is 19.9 Å². The molecule has 0 aliphatic carbocycles. The van der Waals surface area contributed by atoms with Crippen LogP contribution in [0.5, 0.6) is 0 Å². The fourth-order valence-electron chi connectivity index (χ4n) is 3.65. The van der Waals surface area contributed by atoms with E-state index in [1.165, 1.54) is 0 Å². The van der Waals surface area contributed by atoms with E-state index < -0.39 is 6.04 Å². The number of rotatable bonds is 6. The maximum Gasteiger partial charge on any atom is 0.287 e. The second-order valence-corrected chi connectivity index (χ2v) is 7.67.